The molecule has 1 aromatic heterocycles. The molecule has 0 spiro atoms. The summed E-state index contributed by atoms with van der Waals surface area (Å²) in [6.45, 7) is 0.247. The highest BCUT2D eigenvalue weighted by molar-refractivity contribution is 6.42. The molecule has 2 aromatic rings. The zero-order valence-electron chi connectivity index (χ0n) is 11.8. The van der Waals surface area contributed by atoms with Crippen molar-refractivity contribution in [2.75, 3.05) is 17.6 Å². The number of Topliss-reactive ketones (excluding diaryl/α,β-unsaturated/α-hetero) is 1. The van der Waals surface area contributed by atoms with E-state index in [0.29, 0.717) is 24.4 Å². The number of aromatic amines is 1. The molecule has 112 valence electrons. The molecule has 0 saturated carbocycles. The SMILES string of the molecule is Nc1nc2c(c(=O)[nH]1)N=C(C(=O)CCc1ccccc1)CN2. The Morgan fingerprint density at radius 3 is 2.82 bits per heavy atom. The number of benzene rings is 1. The Bertz CT molecular complexity index is 795. The molecule has 7 nitrogen and oxygen atoms in total. The van der Waals surface area contributed by atoms with Crippen LogP contribution in [0.25, 0.3) is 0 Å². The normalized spacial score (nSPS) is 13.0. The molecule has 0 radical (unpaired) electrons. The van der Waals surface area contributed by atoms with Gasteiger partial charge in [-0.25, -0.2) is 4.99 Å². The van der Waals surface area contributed by atoms with Gasteiger partial charge in [-0.3, -0.25) is 14.6 Å². The molecule has 0 amide bonds. The van der Waals surface area contributed by atoms with Crippen molar-refractivity contribution < 1.29 is 4.79 Å². The van der Waals surface area contributed by atoms with E-state index in [-0.39, 0.29) is 24.0 Å². The summed E-state index contributed by atoms with van der Waals surface area (Å²) in [5.41, 5.74) is 6.54. The van der Waals surface area contributed by atoms with Crippen LogP contribution in [0.3, 0.4) is 0 Å². The third-order valence-electron chi connectivity index (χ3n) is 3.39. The minimum Gasteiger partial charge on any atom is -0.369 e. The van der Waals surface area contributed by atoms with Crippen molar-refractivity contribution in [3.8, 4) is 0 Å². The maximum atomic E-state index is 12.2. The number of carbonyl (C=O) groups excluding carboxylic acids is 1. The van der Waals surface area contributed by atoms with Gasteiger partial charge in [0.05, 0.1) is 6.54 Å². The minimum atomic E-state index is -0.456. The topological polar surface area (TPSA) is 113 Å². The minimum absolute atomic E-state index is 0.0188. The van der Waals surface area contributed by atoms with Gasteiger partial charge in [0.1, 0.15) is 5.71 Å². The lowest BCUT2D eigenvalue weighted by molar-refractivity contribution is -0.113. The van der Waals surface area contributed by atoms with Crippen molar-refractivity contribution in [2.45, 2.75) is 12.8 Å². The molecule has 4 N–H and O–H groups in total. The van der Waals surface area contributed by atoms with Crippen molar-refractivity contribution in [1.82, 2.24) is 9.97 Å². The second kappa shape index (κ2) is 5.80. The third kappa shape index (κ3) is 2.88. The molecule has 0 atom stereocenters. The highest BCUT2D eigenvalue weighted by Gasteiger charge is 2.20. The molecule has 1 aliphatic rings. The number of hydrogen-bond acceptors (Lipinski definition) is 6. The van der Waals surface area contributed by atoms with E-state index in [1.54, 1.807) is 0 Å². The number of aliphatic imine (C=N–C) groups is 1. The van der Waals surface area contributed by atoms with E-state index >= 15 is 0 Å². The van der Waals surface area contributed by atoms with Crippen molar-refractivity contribution in [3.05, 3.63) is 46.2 Å². The standard InChI is InChI=1S/C15H15N5O2/c16-15-19-13-12(14(22)20-15)18-10(8-17-13)11(21)7-6-9-4-2-1-3-5-9/h1-5H,6-8H2,(H4,16,17,19,20,22). The highest BCUT2D eigenvalue weighted by atomic mass is 16.1. The number of hydrogen-bond donors (Lipinski definition) is 3. The Hall–Kier alpha value is -2.96. The summed E-state index contributed by atoms with van der Waals surface area (Å²) in [4.78, 5) is 34.5. The average Bonchev–Trinajstić information content (AvgIpc) is 2.53. The number of aryl methyl sites for hydroxylation is 1. The number of ketones is 1. The first-order valence-corrected chi connectivity index (χ1v) is 6.92. The monoisotopic (exact) mass is 297 g/mol. The first kappa shape index (κ1) is 14.0. The average molecular weight is 297 g/mol. The summed E-state index contributed by atoms with van der Waals surface area (Å²) in [7, 11) is 0. The van der Waals surface area contributed by atoms with E-state index in [4.69, 9.17) is 5.73 Å². The van der Waals surface area contributed by atoms with E-state index in [1.165, 1.54) is 0 Å². The zero-order chi connectivity index (χ0) is 15.5. The molecule has 0 unspecified atom stereocenters. The molecule has 0 fully saturated rings. The van der Waals surface area contributed by atoms with Crippen LogP contribution in [0.1, 0.15) is 12.0 Å². The first-order valence-electron chi connectivity index (χ1n) is 6.92. The fraction of sp³-hybridized carbons (Fsp3) is 0.200. The van der Waals surface area contributed by atoms with Gasteiger partial charge < -0.3 is 11.1 Å². The van der Waals surface area contributed by atoms with E-state index in [0.717, 1.165) is 5.56 Å². The number of aromatic nitrogens is 2. The fourth-order valence-electron chi connectivity index (χ4n) is 2.26. The lowest BCUT2D eigenvalue weighted by atomic mass is 10.0. The molecule has 7 heteroatoms. The van der Waals surface area contributed by atoms with Gasteiger partial charge in [0.15, 0.2) is 17.3 Å². The van der Waals surface area contributed by atoms with Crippen molar-refractivity contribution in [1.29, 1.82) is 0 Å². The maximum absolute atomic E-state index is 12.2. The second-order valence-corrected chi connectivity index (χ2v) is 4.97. The number of fused-ring (bicyclic) bond motifs is 1. The van der Waals surface area contributed by atoms with Crippen LogP contribution in [0.5, 0.6) is 0 Å². The lowest BCUT2D eigenvalue weighted by Gasteiger charge is -2.15. The zero-order valence-corrected chi connectivity index (χ0v) is 11.8. The maximum Gasteiger partial charge on any atom is 0.280 e. The molecular formula is C15H15N5O2. The van der Waals surface area contributed by atoms with Crippen LogP contribution in [0, 0.1) is 0 Å². The summed E-state index contributed by atoms with van der Waals surface area (Å²) >= 11 is 0. The smallest absolute Gasteiger partial charge is 0.280 e. The van der Waals surface area contributed by atoms with Crippen LogP contribution < -0.4 is 16.6 Å². The largest absolute Gasteiger partial charge is 0.369 e. The Morgan fingerprint density at radius 1 is 1.27 bits per heavy atom. The number of H-pyrrole nitrogens is 1. The van der Waals surface area contributed by atoms with Gasteiger partial charge in [-0.1, -0.05) is 30.3 Å². The first-order chi connectivity index (χ1) is 10.6. The van der Waals surface area contributed by atoms with Gasteiger partial charge in [-0.05, 0) is 12.0 Å². The molecular weight excluding hydrogens is 282 g/mol. The van der Waals surface area contributed by atoms with Crippen LogP contribution in [-0.4, -0.2) is 28.0 Å². The number of anilines is 2. The predicted octanol–water partition coefficient (Wildman–Crippen LogP) is 1.05. The fourth-order valence-corrected chi connectivity index (χ4v) is 2.26. The third-order valence-corrected chi connectivity index (χ3v) is 3.39. The lowest BCUT2D eigenvalue weighted by Crippen LogP contribution is -2.29. The number of carbonyl (C=O) groups is 1. The van der Waals surface area contributed by atoms with E-state index < -0.39 is 5.56 Å². The number of nitrogens with two attached hydrogens (primary N) is 1. The molecule has 1 aromatic carbocycles. The molecule has 2 heterocycles. The number of nitrogens with one attached hydrogen (secondary N) is 2. The second-order valence-electron chi connectivity index (χ2n) is 4.97. The molecule has 3 rings (SSSR count). The van der Waals surface area contributed by atoms with Crippen LogP contribution in [0.4, 0.5) is 17.5 Å². The van der Waals surface area contributed by atoms with Crippen LogP contribution in [-0.2, 0) is 11.2 Å². The molecule has 0 aliphatic carbocycles. The molecule has 0 saturated heterocycles. The van der Waals surface area contributed by atoms with Gasteiger partial charge in [-0.2, -0.15) is 4.98 Å². The van der Waals surface area contributed by atoms with Crippen LogP contribution in [0.15, 0.2) is 40.1 Å². The number of rotatable bonds is 4. The van der Waals surface area contributed by atoms with Crippen molar-refractivity contribution in [3.63, 3.8) is 0 Å². The summed E-state index contributed by atoms with van der Waals surface area (Å²) in [5, 5.41) is 2.91. The van der Waals surface area contributed by atoms with E-state index in [2.05, 4.69) is 20.3 Å². The predicted molar refractivity (Wildman–Crippen MR) is 84.6 cm³/mol. The molecule has 1 aliphatic heterocycles. The summed E-state index contributed by atoms with van der Waals surface area (Å²) < 4.78 is 0. The Morgan fingerprint density at radius 2 is 2.05 bits per heavy atom. The molecule has 0 bridgehead atoms. The molecule has 22 heavy (non-hydrogen) atoms. The Kier molecular flexibility index (Phi) is 3.69. The van der Waals surface area contributed by atoms with Gasteiger partial charge in [0.25, 0.3) is 5.56 Å². The van der Waals surface area contributed by atoms with E-state index in [9.17, 15) is 9.59 Å². The Balaban J connectivity index is 1.76. The van der Waals surface area contributed by atoms with Gasteiger partial charge in [0.2, 0.25) is 5.95 Å². The van der Waals surface area contributed by atoms with Crippen molar-refractivity contribution >= 4 is 28.9 Å². The van der Waals surface area contributed by atoms with Gasteiger partial charge >= 0.3 is 0 Å². The van der Waals surface area contributed by atoms with Gasteiger partial charge in [0, 0.05) is 6.42 Å². The van der Waals surface area contributed by atoms with Crippen LogP contribution >= 0.6 is 0 Å². The summed E-state index contributed by atoms with van der Waals surface area (Å²) in [6, 6.07) is 9.75. The Labute approximate surface area is 126 Å². The van der Waals surface area contributed by atoms with Crippen molar-refractivity contribution in [2.24, 2.45) is 4.99 Å². The quantitative estimate of drug-likeness (QED) is 0.780. The van der Waals surface area contributed by atoms with E-state index in [1.807, 2.05) is 30.3 Å². The summed E-state index contributed by atoms with van der Waals surface area (Å²) in [6.07, 6.45) is 0.988. The van der Waals surface area contributed by atoms with Gasteiger partial charge in [-0.15, -0.1) is 0 Å². The number of nitrogens with zero attached hydrogens (tertiary/aromatic N) is 2. The highest BCUT2D eigenvalue weighted by Crippen LogP contribution is 2.21. The summed E-state index contributed by atoms with van der Waals surface area (Å²) in [5.74, 6) is 0.240. The van der Waals surface area contributed by atoms with Crippen LogP contribution in [0.2, 0.25) is 0 Å². The number of nitrogen functional groups attached to an aromatic ring is 1.